The van der Waals surface area contributed by atoms with Crippen LogP contribution in [0.1, 0.15) is 19.8 Å². The minimum absolute atomic E-state index is 0.0379. The number of hydrogen-bond donors (Lipinski definition) is 0. The molecule has 0 aromatic heterocycles. The molecule has 0 aromatic rings. The van der Waals surface area contributed by atoms with Crippen molar-refractivity contribution in [2.45, 2.75) is 19.8 Å². The highest BCUT2D eigenvalue weighted by molar-refractivity contribution is 6.21. The van der Waals surface area contributed by atoms with Gasteiger partial charge >= 0.3 is 0 Å². The van der Waals surface area contributed by atoms with Gasteiger partial charge in [0.25, 0.3) is 0 Å². The molecule has 0 spiro atoms. The Labute approximate surface area is 96.9 Å². The summed E-state index contributed by atoms with van der Waals surface area (Å²) < 4.78 is 10.3. The van der Waals surface area contributed by atoms with E-state index in [-0.39, 0.29) is 5.41 Å². The van der Waals surface area contributed by atoms with E-state index < -0.39 is 0 Å². The van der Waals surface area contributed by atoms with Crippen LogP contribution in [0.15, 0.2) is 0 Å². The second-order valence-corrected chi connectivity index (χ2v) is 4.01. The summed E-state index contributed by atoms with van der Waals surface area (Å²) in [6.07, 6.45) is 1.91. The molecule has 14 heavy (non-hydrogen) atoms. The van der Waals surface area contributed by atoms with E-state index in [0.717, 1.165) is 12.8 Å². The predicted octanol–water partition coefficient (Wildman–Crippen LogP) is 2.91. The van der Waals surface area contributed by atoms with Crippen molar-refractivity contribution < 1.29 is 9.47 Å². The third kappa shape index (κ3) is 5.40. The van der Waals surface area contributed by atoms with Gasteiger partial charge in [0, 0.05) is 25.5 Å². The third-order valence-electron chi connectivity index (χ3n) is 2.53. The minimum Gasteiger partial charge on any atom is -0.382 e. The average Bonchev–Trinajstić information content (AvgIpc) is 2.24. The van der Waals surface area contributed by atoms with Crippen molar-refractivity contribution in [3.8, 4) is 0 Å². The molecule has 4 heteroatoms. The van der Waals surface area contributed by atoms with E-state index in [4.69, 9.17) is 32.7 Å². The molecular formula is C10H20Cl2O2. The fourth-order valence-corrected chi connectivity index (χ4v) is 2.00. The first kappa shape index (κ1) is 14.5. The lowest BCUT2D eigenvalue weighted by Gasteiger charge is -2.27. The Balaban J connectivity index is 3.61. The predicted molar refractivity (Wildman–Crippen MR) is 61.5 cm³/mol. The van der Waals surface area contributed by atoms with Crippen LogP contribution in [0.25, 0.3) is 0 Å². The first-order chi connectivity index (χ1) is 6.74. The SMILES string of the molecule is CCC(CCl)(CCl)CCOCCOC. The molecule has 0 aromatic carbocycles. The van der Waals surface area contributed by atoms with Crippen LogP contribution in [0.4, 0.5) is 0 Å². The molecule has 86 valence electrons. The second kappa shape index (κ2) is 8.78. The van der Waals surface area contributed by atoms with Crippen molar-refractivity contribution in [2.24, 2.45) is 5.41 Å². The lowest BCUT2D eigenvalue weighted by atomic mass is 9.86. The van der Waals surface area contributed by atoms with Gasteiger partial charge in [0.1, 0.15) is 0 Å². The second-order valence-electron chi connectivity index (χ2n) is 3.48. The summed E-state index contributed by atoms with van der Waals surface area (Å²) in [5.41, 5.74) is 0.0379. The molecule has 0 heterocycles. The lowest BCUT2D eigenvalue weighted by molar-refractivity contribution is 0.0563. The van der Waals surface area contributed by atoms with Crippen LogP contribution in [0.3, 0.4) is 0 Å². The maximum atomic E-state index is 5.90. The van der Waals surface area contributed by atoms with Crippen molar-refractivity contribution in [1.82, 2.24) is 0 Å². The van der Waals surface area contributed by atoms with E-state index in [1.807, 2.05) is 0 Å². The number of halogens is 2. The summed E-state index contributed by atoms with van der Waals surface area (Å²) in [6, 6.07) is 0. The van der Waals surface area contributed by atoms with Crippen LogP contribution in [0.2, 0.25) is 0 Å². The Morgan fingerprint density at radius 2 is 1.71 bits per heavy atom. The molecule has 2 nitrogen and oxygen atoms in total. The zero-order valence-electron chi connectivity index (χ0n) is 9.02. The van der Waals surface area contributed by atoms with Crippen LogP contribution in [-0.4, -0.2) is 38.7 Å². The fraction of sp³-hybridized carbons (Fsp3) is 1.00. The molecular weight excluding hydrogens is 223 g/mol. The number of ether oxygens (including phenoxy) is 2. The topological polar surface area (TPSA) is 18.5 Å². The van der Waals surface area contributed by atoms with Crippen LogP contribution >= 0.6 is 23.2 Å². The number of hydrogen-bond acceptors (Lipinski definition) is 2. The molecule has 0 unspecified atom stereocenters. The summed E-state index contributed by atoms with van der Waals surface area (Å²) in [5, 5.41) is 0. The Morgan fingerprint density at radius 3 is 2.14 bits per heavy atom. The molecule has 0 aliphatic carbocycles. The minimum atomic E-state index is 0.0379. The summed E-state index contributed by atoms with van der Waals surface area (Å²) in [6.45, 7) is 4.10. The molecule has 0 aliphatic heterocycles. The van der Waals surface area contributed by atoms with E-state index in [1.54, 1.807) is 7.11 Å². The zero-order chi connectivity index (χ0) is 10.9. The fourth-order valence-electron chi connectivity index (χ4n) is 1.07. The zero-order valence-corrected chi connectivity index (χ0v) is 10.5. The van der Waals surface area contributed by atoms with Gasteiger partial charge in [-0.25, -0.2) is 0 Å². The normalized spacial score (nSPS) is 12.0. The monoisotopic (exact) mass is 242 g/mol. The number of alkyl halides is 2. The van der Waals surface area contributed by atoms with Gasteiger partial charge in [-0.15, -0.1) is 23.2 Å². The molecule has 0 bridgehead atoms. The Kier molecular flexibility index (Phi) is 9.09. The van der Waals surface area contributed by atoms with Crippen molar-refractivity contribution in [2.75, 3.05) is 38.7 Å². The van der Waals surface area contributed by atoms with E-state index in [1.165, 1.54) is 0 Å². The summed E-state index contributed by atoms with van der Waals surface area (Å²) >= 11 is 11.8. The van der Waals surface area contributed by atoms with Gasteiger partial charge in [0.05, 0.1) is 13.2 Å². The van der Waals surface area contributed by atoms with Crippen molar-refractivity contribution >= 4 is 23.2 Å². The average molecular weight is 243 g/mol. The molecule has 0 rings (SSSR count). The summed E-state index contributed by atoms with van der Waals surface area (Å²) in [4.78, 5) is 0. The van der Waals surface area contributed by atoms with Crippen LogP contribution in [0.5, 0.6) is 0 Å². The van der Waals surface area contributed by atoms with Crippen molar-refractivity contribution in [1.29, 1.82) is 0 Å². The van der Waals surface area contributed by atoms with Crippen LogP contribution in [-0.2, 0) is 9.47 Å². The first-order valence-electron chi connectivity index (χ1n) is 4.93. The molecule has 0 saturated heterocycles. The largest absolute Gasteiger partial charge is 0.382 e. The number of methoxy groups -OCH3 is 1. The molecule has 0 amide bonds. The molecule has 0 saturated carbocycles. The summed E-state index contributed by atoms with van der Waals surface area (Å²) in [7, 11) is 1.66. The molecule has 0 N–H and O–H groups in total. The van der Waals surface area contributed by atoms with Gasteiger partial charge in [-0.1, -0.05) is 6.92 Å². The smallest absolute Gasteiger partial charge is 0.0700 e. The molecule has 0 atom stereocenters. The van der Waals surface area contributed by atoms with E-state index in [0.29, 0.717) is 31.6 Å². The van der Waals surface area contributed by atoms with Crippen LogP contribution < -0.4 is 0 Å². The lowest BCUT2D eigenvalue weighted by Crippen LogP contribution is -2.26. The standard InChI is InChI=1S/C10H20Cl2O2/c1-3-10(8-11,9-12)4-5-14-7-6-13-2/h3-9H2,1-2H3. The quantitative estimate of drug-likeness (QED) is 0.458. The molecule has 0 fully saturated rings. The van der Waals surface area contributed by atoms with Gasteiger partial charge in [-0.2, -0.15) is 0 Å². The van der Waals surface area contributed by atoms with E-state index in [9.17, 15) is 0 Å². The maximum absolute atomic E-state index is 5.90. The van der Waals surface area contributed by atoms with Gasteiger partial charge in [-0.3, -0.25) is 0 Å². The van der Waals surface area contributed by atoms with Gasteiger partial charge in [0.2, 0.25) is 0 Å². The maximum Gasteiger partial charge on any atom is 0.0700 e. The summed E-state index contributed by atoms with van der Waals surface area (Å²) in [5.74, 6) is 1.20. The number of rotatable bonds is 9. The molecule has 0 aliphatic rings. The van der Waals surface area contributed by atoms with E-state index in [2.05, 4.69) is 6.92 Å². The first-order valence-corrected chi connectivity index (χ1v) is 6.00. The Bertz CT molecular complexity index is 119. The van der Waals surface area contributed by atoms with Crippen LogP contribution in [0, 0.1) is 5.41 Å². The van der Waals surface area contributed by atoms with Crippen molar-refractivity contribution in [3.63, 3.8) is 0 Å². The van der Waals surface area contributed by atoms with Gasteiger partial charge in [-0.05, 0) is 18.3 Å². The van der Waals surface area contributed by atoms with Crippen molar-refractivity contribution in [3.05, 3.63) is 0 Å². The Hall–Kier alpha value is 0.500. The Morgan fingerprint density at radius 1 is 1.07 bits per heavy atom. The van der Waals surface area contributed by atoms with Gasteiger partial charge in [0.15, 0.2) is 0 Å². The third-order valence-corrected chi connectivity index (χ3v) is 3.66. The van der Waals surface area contributed by atoms with E-state index >= 15 is 0 Å². The molecule has 0 radical (unpaired) electrons. The highest BCUT2D eigenvalue weighted by Crippen LogP contribution is 2.29. The highest BCUT2D eigenvalue weighted by Gasteiger charge is 2.25. The highest BCUT2D eigenvalue weighted by atomic mass is 35.5. The van der Waals surface area contributed by atoms with Gasteiger partial charge < -0.3 is 9.47 Å².